The normalized spacial score (nSPS) is 17.2. The van der Waals surface area contributed by atoms with E-state index >= 15 is 0 Å². The van der Waals surface area contributed by atoms with Crippen molar-refractivity contribution in [2.45, 2.75) is 57.9 Å². The van der Waals surface area contributed by atoms with Crippen LogP contribution in [0, 0.1) is 0 Å². The van der Waals surface area contributed by atoms with E-state index < -0.39 is 11.5 Å². The number of carboxylic acid groups (broad SMARTS) is 1. The zero-order valence-electron chi connectivity index (χ0n) is 13.5. The Morgan fingerprint density at radius 2 is 1.86 bits per heavy atom. The number of carbonyl (C=O) groups is 2. The number of nitrogens with zero attached hydrogens (tertiary/aromatic N) is 2. The maximum absolute atomic E-state index is 12.7. The first-order valence-electron chi connectivity index (χ1n) is 7.86. The largest absolute Gasteiger partial charge is 0.481 e. The lowest BCUT2D eigenvalue weighted by Gasteiger charge is -2.24. The van der Waals surface area contributed by atoms with Gasteiger partial charge >= 0.3 is 5.97 Å². The molecule has 0 spiro atoms. The zero-order chi connectivity index (χ0) is 16.4. The Balaban J connectivity index is 2.54. The molecule has 1 aliphatic rings. The monoisotopic (exact) mass is 306 g/mol. The number of carboxylic acids is 1. The molecule has 0 aliphatic carbocycles. The van der Waals surface area contributed by atoms with Gasteiger partial charge in [0.25, 0.3) is 5.91 Å². The second-order valence-electron chi connectivity index (χ2n) is 5.53. The van der Waals surface area contributed by atoms with Crippen LogP contribution >= 0.6 is 0 Å². The van der Waals surface area contributed by atoms with E-state index in [9.17, 15) is 9.59 Å². The molecule has 0 bridgehead atoms. The number of aliphatic carboxylic acids is 1. The van der Waals surface area contributed by atoms with E-state index in [1.54, 1.807) is 11.2 Å². The van der Waals surface area contributed by atoms with Crippen molar-refractivity contribution in [3.8, 4) is 0 Å². The summed E-state index contributed by atoms with van der Waals surface area (Å²) in [6, 6.07) is 0. The van der Waals surface area contributed by atoms with E-state index in [1.165, 1.54) is 0 Å². The van der Waals surface area contributed by atoms with Crippen LogP contribution in [0.2, 0.25) is 0 Å². The van der Waals surface area contributed by atoms with Gasteiger partial charge < -0.3 is 10.0 Å². The van der Waals surface area contributed by atoms with Crippen LogP contribution in [-0.4, -0.2) is 40.3 Å². The molecule has 1 amide bonds. The number of allylic oxidation sites excluding steroid dienone is 2. The van der Waals surface area contributed by atoms with Gasteiger partial charge in [-0.05, 0) is 39.5 Å². The number of unbranched alkanes of at least 4 members (excludes halogenated alkanes) is 2. The summed E-state index contributed by atoms with van der Waals surface area (Å²) in [6.45, 7) is 4.48. The fourth-order valence-corrected chi connectivity index (χ4v) is 2.44. The van der Waals surface area contributed by atoms with E-state index in [1.807, 2.05) is 38.2 Å². The second kappa shape index (κ2) is 9.18. The Labute approximate surface area is 132 Å². The highest BCUT2D eigenvalue weighted by molar-refractivity contribution is 6.00. The highest BCUT2D eigenvalue weighted by atomic mass is 16.4. The average Bonchev–Trinajstić information content (AvgIpc) is 2.80. The predicted octanol–water partition coefficient (Wildman–Crippen LogP) is 3.17. The maximum atomic E-state index is 12.7. The third-order valence-corrected chi connectivity index (χ3v) is 3.78. The van der Waals surface area contributed by atoms with Crippen LogP contribution in [0.1, 0.15) is 52.4 Å². The van der Waals surface area contributed by atoms with Crippen molar-refractivity contribution < 1.29 is 14.7 Å². The van der Waals surface area contributed by atoms with Crippen molar-refractivity contribution in [2.75, 3.05) is 6.54 Å². The number of rotatable bonds is 10. The number of hydrogen-bond donors (Lipinski definition) is 1. The van der Waals surface area contributed by atoms with Crippen molar-refractivity contribution in [1.82, 2.24) is 4.90 Å². The molecule has 0 atom stereocenters. The molecule has 0 aromatic heterocycles. The Bertz CT molecular complexity index is 453. The van der Waals surface area contributed by atoms with Crippen molar-refractivity contribution >= 4 is 18.2 Å². The molecule has 5 nitrogen and oxygen atoms in total. The van der Waals surface area contributed by atoms with Gasteiger partial charge in [-0.15, -0.1) is 0 Å². The second-order valence-corrected chi connectivity index (χ2v) is 5.53. The first-order valence-corrected chi connectivity index (χ1v) is 7.86. The summed E-state index contributed by atoms with van der Waals surface area (Å²) in [5.74, 6) is -0.725. The maximum Gasteiger partial charge on any atom is 0.303 e. The summed E-state index contributed by atoms with van der Waals surface area (Å²) in [4.78, 5) is 29.3. The molecule has 0 radical (unpaired) electrons. The molecule has 0 fully saturated rings. The van der Waals surface area contributed by atoms with Gasteiger partial charge in [0.15, 0.2) is 0 Å². The molecule has 0 aromatic rings. The molecular weight excluding hydrogens is 280 g/mol. The van der Waals surface area contributed by atoms with E-state index in [-0.39, 0.29) is 12.3 Å². The minimum absolute atomic E-state index is 0.0435. The minimum Gasteiger partial charge on any atom is -0.481 e. The molecule has 1 rings (SSSR count). The lowest BCUT2D eigenvalue weighted by Crippen LogP contribution is -2.41. The molecule has 0 saturated heterocycles. The van der Waals surface area contributed by atoms with Gasteiger partial charge in [-0.3, -0.25) is 14.6 Å². The van der Waals surface area contributed by atoms with Gasteiger partial charge in [-0.1, -0.05) is 30.7 Å². The average molecular weight is 306 g/mol. The van der Waals surface area contributed by atoms with Crippen LogP contribution in [0.5, 0.6) is 0 Å². The Morgan fingerprint density at radius 3 is 2.41 bits per heavy atom. The molecule has 1 heterocycles. The van der Waals surface area contributed by atoms with Gasteiger partial charge in [0.05, 0.1) is 6.34 Å². The van der Waals surface area contributed by atoms with Crippen molar-refractivity contribution in [3.63, 3.8) is 0 Å². The van der Waals surface area contributed by atoms with Crippen LogP contribution in [-0.2, 0) is 9.59 Å². The number of amides is 1. The van der Waals surface area contributed by atoms with Crippen LogP contribution < -0.4 is 0 Å². The minimum atomic E-state index is -0.768. The van der Waals surface area contributed by atoms with Crippen LogP contribution in [0.15, 0.2) is 29.3 Å². The van der Waals surface area contributed by atoms with E-state index in [2.05, 4.69) is 4.99 Å². The van der Waals surface area contributed by atoms with Crippen molar-refractivity contribution in [1.29, 1.82) is 0 Å². The summed E-state index contributed by atoms with van der Waals surface area (Å²) < 4.78 is 0. The molecule has 0 aromatic carbocycles. The molecule has 22 heavy (non-hydrogen) atoms. The Kier molecular flexibility index (Phi) is 7.57. The number of hydrogen-bond acceptors (Lipinski definition) is 3. The van der Waals surface area contributed by atoms with Gasteiger partial charge in [0, 0.05) is 13.0 Å². The number of aliphatic imine (C=N–C) groups is 1. The van der Waals surface area contributed by atoms with Gasteiger partial charge in [0.2, 0.25) is 0 Å². The van der Waals surface area contributed by atoms with E-state index in [0.717, 1.165) is 12.8 Å². The van der Waals surface area contributed by atoms with Crippen LogP contribution in [0.4, 0.5) is 0 Å². The molecule has 0 saturated carbocycles. The molecule has 5 heteroatoms. The molecule has 1 N–H and O–H groups in total. The highest BCUT2D eigenvalue weighted by Gasteiger charge is 2.42. The van der Waals surface area contributed by atoms with Gasteiger partial charge in [-0.2, -0.15) is 0 Å². The van der Waals surface area contributed by atoms with E-state index in [0.29, 0.717) is 25.8 Å². The van der Waals surface area contributed by atoms with Crippen LogP contribution in [0.25, 0.3) is 0 Å². The fraction of sp³-hybridized carbons (Fsp3) is 0.588. The summed E-state index contributed by atoms with van der Waals surface area (Å²) in [7, 11) is 0. The smallest absolute Gasteiger partial charge is 0.303 e. The molecular formula is C17H26N2O3. The Morgan fingerprint density at radius 1 is 1.23 bits per heavy atom. The van der Waals surface area contributed by atoms with Gasteiger partial charge in [0.1, 0.15) is 5.54 Å². The summed E-state index contributed by atoms with van der Waals surface area (Å²) in [5.41, 5.74) is -0.694. The lowest BCUT2D eigenvalue weighted by atomic mass is 9.90. The van der Waals surface area contributed by atoms with Crippen LogP contribution in [0.3, 0.4) is 0 Å². The Hall–Kier alpha value is -1.91. The van der Waals surface area contributed by atoms with Crippen molar-refractivity contribution in [3.05, 3.63) is 24.3 Å². The predicted molar refractivity (Wildman–Crippen MR) is 87.9 cm³/mol. The molecule has 1 aliphatic heterocycles. The SMILES string of the molecule is C/C=C/CC1(C/C=C/C)N=CN(CCCCCC(=O)O)C1=O. The lowest BCUT2D eigenvalue weighted by molar-refractivity contribution is -0.137. The number of carbonyl (C=O) groups excluding carboxylic acids is 1. The fourth-order valence-electron chi connectivity index (χ4n) is 2.44. The molecule has 122 valence electrons. The first kappa shape index (κ1) is 18.1. The highest BCUT2D eigenvalue weighted by Crippen LogP contribution is 2.29. The third kappa shape index (κ3) is 5.13. The van der Waals surface area contributed by atoms with E-state index in [4.69, 9.17) is 5.11 Å². The quantitative estimate of drug-likeness (QED) is 0.498. The van der Waals surface area contributed by atoms with Crippen molar-refractivity contribution in [2.24, 2.45) is 4.99 Å². The topological polar surface area (TPSA) is 70.0 Å². The third-order valence-electron chi connectivity index (χ3n) is 3.78. The first-order chi connectivity index (χ1) is 10.6. The molecule has 0 unspecified atom stereocenters. The van der Waals surface area contributed by atoms with Gasteiger partial charge in [-0.25, -0.2) is 0 Å². The zero-order valence-corrected chi connectivity index (χ0v) is 13.5. The summed E-state index contributed by atoms with van der Waals surface area (Å²) in [5, 5.41) is 8.60. The summed E-state index contributed by atoms with van der Waals surface area (Å²) in [6.07, 6.45) is 13.2. The summed E-state index contributed by atoms with van der Waals surface area (Å²) >= 11 is 0. The standard InChI is InChI=1S/C17H26N2O3/c1-3-5-11-17(12-6-4-2)16(22)19(14-18-17)13-9-7-8-10-15(20)21/h3-6,14H,7-13H2,1-2H3,(H,20,21)/b5-3+,6-4+.